The van der Waals surface area contributed by atoms with Gasteiger partial charge in [-0.15, -0.1) is 0 Å². The van der Waals surface area contributed by atoms with E-state index < -0.39 is 0 Å². The number of hydrogen-bond donors (Lipinski definition) is 3. The third-order valence-electron chi connectivity index (χ3n) is 7.99. The molecule has 2 aliphatic rings. The van der Waals surface area contributed by atoms with Crippen LogP contribution in [0.15, 0.2) is 61.2 Å². The molecule has 1 aliphatic carbocycles. The molecule has 3 N–H and O–H groups in total. The number of carbonyl (C=O) groups excluding carboxylic acids is 1. The molecule has 5 aromatic heterocycles. The molecule has 208 valence electrons. The second-order valence-corrected chi connectivity index (χ2v) is 10.7. The average molecular weight is 559 g/mol. The Kier molecular flexibility index (Phi) is 5.80. The van der Waals surface area contributed by atoms with Crippen LogP contribution in [-0.2, 0) is 4.79 Å². The lowest BCUT2D eigenvalue weighted by Crippen LogP contribution is -2.24. The predicted octanol–water partition coefficient (Wildman–Crippen LogP) is 5.87. The number of anilines is 1. The minimum absolute atomic E-state index is 0.0636. The highest BCUT2D eigenvalue weighted by atomic mass is 16.7. The highest BCUT2D eigenvalue weighted by molar-refractivity contribution is 5.96. The second-order valence-electron chi connectivity index (χ2n) is 10.7. The molecular formula is C31H26N8O3. The highest BCUT2D eigenvalue weighted by Gasteiger charge is 2.22. The lowest BCUT2D eigenvalue weighted by atomic mass is 9.88. The van der Waals surface area contributed by atoms with Crippen LogP contribution in [0.4, 0.5) is 5.69 Å². The van der Waals surface area contributed by atoms with Gasteiger partial charge in [-0.1, -0.05) is 25.3 Å². The highest BCUT2D eigenvalue weighted by Crippen LogP contribution is 2.38. The number of fused-ring (bicyclic) bond motifs is 3. The van der Waals surface area contributed by atoms with Crippen LogP contribution < -0.4 is 14.8 Å². The number of amides is 1. The number of H-pyrrole nitrogens is 2. The summed E-state index contributed by atoms with van der Waals surface area (Å²) in [6, 6.07) is 11.5. The molecule has 6 heterocycles. The lowest BCUT2D eigenvalue weighted by molar-refractivity contribution is -0.120. The van der Waals surface area contributed by atoms with Crippen molar-refractivity contribution >= 4 is 33.7 Å². The minimum Gasteiger partial charge on any atom is -0.454 e. The summed E-state index contributed by atoms with van der Waals surface area (Å²) in [6.45, 7) is 0.213. The Bertz CT molecular complexity index is 1970. The Morgan fingerprint density at radius 3 is 2.64 bits per heavy atom. The second kappa shape index (κ2) is 9.95. The van der Waals surface area contributed by atoms with E-state index in [9.17, 15) is 4.79 Å². The van der Waals surface area contributed by atoms with Gasteiger partial charge in [0.1, 0.15) is 5.52 Å². The Labute approximate surface area is 239 Å². The Morgan fingerprint density at radius 1 is 0.833 bits per heavy atom. The van der Waals surface area contributed by atoms with Gasteiger partial charge >= 0.3 is 0 Å². The molecule has 8 rings (SSSR count). The Balaban J connectivity index is 1.13. The first-order valence-electron chi connectivity index (χ1n) is 14.1. The molecule has 0 unspecified atom stereocenters. The van der Waals surface area contributed by atoms with Crippen LogP contribution in [0.5, 0.6) is 11.5 Å². The van der Waals surface area contributed by atoms with Gasteiger partial charge in [-0.2, -0.15) is 5.10 Å². The van der Waals surface area contributed by atoms with Crippen LogP contribution in [0.3, 0.4) is 0 Å². The number of aromatic amines is 2. The van der Waals surface area contributed by atoms with Gasteiger partial charge < -0.3 is 19.8 Å². The molecule has 1 amide bonds. The van der Waals surface area contributed by atoms with E-state index in [-0.39, 0.29) is 18.6 Å². The van der Waals surface area contributed by atoms with Crippen LogP contribution in [-0.4, -0.2) is 47.8 Å². The SMILES string of the molecule is O=C(Nc1cncc(-c2ccc3[nH]nc(-c4nc5c(-c6ccc7c(c6)OCO7)cncc5[nH]4)c3n2)c1)C1CCCCC1. The molecule has 1 aliphatic heterocycles. The smallest absolute Gasteiger partial charge is 0.231 e. The number of imidazole rings is 1. The first-order valence-corrected chi connectivity index (χ1v) is 14.1. The van der Waals surface area contributed by atoms with Crippen molar-refractivity contribution in [3.63, 3.8) is 0 Å². The van der Waals surface area contributed by atoms with E-state index in [0.717, 1.165) is 64.7 Å². The zero-order valence-electron chi connectivity index (χ0n) is 22.6. The third kappa shape index (κ3) is 4.30. The quantitative estimate of drug-likeness (QED) is 0.238. The fourth-order valence-corrected chi connectivity index (χ4v) is 5.80. The number of carbonyl (C=O) groups is 1. The molecule has 0 saturated heterocycles. The molecular weight excluding hydrogens is 532 g/mol. The van der Waals surface area contributed by atoms with Gasteiger partial charge in [-0.05, 0) is 48.7 Å². The van der Waals surface area contributed by atoms with Crippen LogP contribution in [0.25, 0.3) is 56.0 Å². The molecule has 11 heteroatoms. The summed E-state index contributed by atoms with van der Waals surface area (Å²) >= 11 is 0. The summed E-state index contributed by atoms with van der Waals surface area (Å²) in [6.07, 6.45) is 12.2. The van der Waals surface area contributed by atoms with Crippen molar-refractivity contribution in [2.75, 3.05) is 12.1 Å². The van der Waals surface area contributed by atoms with E-state index >= 15 is 0 Å². The zero-order valence-corrected chi connectivity index (χ0v) is 22.6. The van der Waals surface area contributed by atoms with Crippen LogP contribution in [0, 0.1) is 5.92 Å². The minimum atomic E-state index is 0.0636. The van der Waals surface area contributed by atoms with Gasteiger partial charge in [-0.3, -0.25) is 19.9 Å². The molecule has 1 aromatic carbocycles. The number of rotatable bonds is 5. The number of hydrogen-bond acceptors (Lipinski definition) is 8. The topological polar surface area (TPSA) is 144 Å². The van der Waals surface area contributed by atoms with Gasteiger partial charge in [-0.25, -0.2) is 9.97 Å². The van der Waals surface area contributed by atoms with Crippen molar-refractivity contribution in [3.05, 3.63) is 61.2 Å². The number of benzene rings is 1. The maximum atomic E-state index is 12.8. The number of pyridine rings is 3. The Hall–Kier alpha value is -5.32. The molecule has 42 heavy (non-hydrogen) atoms. The van der Waals surface area contributed by atoms with E-state index in [1.165, 1.54) is 6.42 Å². The molecule has 11 nitrogen and oxygen atoms in total. The van der Waals surface area contributed by atoms with Crippen LogP contribution >= 0.6 is 0 Å². The summed E-state index contributed by atoms with van der Waals surface area (Å²) in [7, 11) is 0. The number of aromatic nitrogens is 7. The molecule has 0 atom stereocenters. The summed E-state index contributed by atoms with van der Waals surface area (Å²) in [5.74, 6) is 2.12. The zero-order chi connectivity index (χ0) is 28.0. The van der Waals surface area contributed by atoms with Gasteiger partial charge in [0.25, 0.3) is 0 Å². The largest absolute Gasteiger partial charge is 0.454 e. The molecule has 1 fully saturated rings. The summed E-state index contributed by atoms with van der Waals surface area (Å²) < 4.78 is 11.0. The number of ether oxygens (including phenoxy) is 2. The number of nitrogens with one attached hydrogen (secondary N) is 3. The van der Waals surface area contributed by atoms with Crippen molar-refractivity contribution < 1.29 is 14.3 Å². The van der Waals surface area contributed by atoms with Gasteiger partial charge in [0.05, 0.1) is 40.3 Å². The first kappa shape index (κ1) is 24.5. The summed E-state index contributed by atoms with van der Waals surface area (Å²) in [5.41, 5.74) is 7.53. The van der Waals surface area contributed by atoms with E-state index in [2.05, 4.69) is 30.5 Å². The normalized spacial score (nSPS) is 15.0. The van der Waals surface area contributed by atoms with E-state index in [1.54, 1.807) is 24.8 Å². The molecule has 1 saturated carbocycles. The van der Waals surface area contributed by atoms with Gasteiger partial charge in [0, 0.05) is 29.4 Å². The van der Waals surface area contributed by atoms with Crippen molar-refractivity contribution in [3.8, 4) is 45.4 Å². The first-order chi connectivity index (χ1) is 20.7. The monoisotopic (exact) mass is 558 g/mol. The van der Waals surface area contributed by atoms with E-state index in [1.807, 2.05) is 36.4 Å². The summed E-state index contributed by atoms with van der Waals surface area (Å²) in [4.78, 5) is 34.8. The summed E-state index contributed by atoms with van der Waals surface area (Å²) in [5, 5.41) is 10.7. The standard InChI is InChI=1S/C31H26N8O3/c40-31(17-4-2-1-3-5-17)34-20-10-19(12-32-13-20)22-7-8-23-28(35-22)29(39-38-23)30-36-24-15-33-14-21(27(24)37-30)18-6-9-25-26(11-18)42-16-41-25/h6-15,17H,1-5,16H2,(H,34,40)(H,36,37)(H,38,39). The van der Waals surface area contributed by atoms with E-state index in [0.29, 0.717) is 34.2 Å². The maximum absolute atomic E-state index is 12.8. The van der Waals surface area contributed by atoms with Crippen LogP contribution in [0.2, 0.25) is 0 Å². The van der Waals surface area contributed by atoms with Crippen molar-refractivity contribution in [2.45, 2.75) is 32.1 Å². The van der Waals surface area contributed by atoms with Crippen molar-refractivity contribution in [1.82, 2.24) is 35.1 Å². The van der Waals surface area contributed by atoms with Crippen LogP contribution in [0.1, 0.15) is 32.1 Å². The van der Waals surface area contributed by atoms with Crippen molar-refractivity contribution in [1.29, 1.82) is 0 Å². The fourth-order valence-electron chi connectivity index (χ4n) is 5.80. The maximum Gasteiger partial charge on any atom is 0.231 e. The van der Waals surface area contributed by atoms with E-state index in [4.69, 9.17) is 19.4 Å². The fraction of sp³-hybridized carbons (Fsp3) is 0.226. The Morgan fingerprint density at radius 2 is 1.71 bits per heavy atom. The molecule has 0 spiro atoms. The molecule has 6 aromatic rings. The third-order valence-corrected chi connectivity index (χ3v) is 7.99. The van der Waals surface area contributed by atoms with Crippen molar-refractivity contribution in [2.24, 2.45) is 5.92 Å². The van der Waals surface area contributed by atoms with Gasteiger partial charge in [0.15, 0.2) is 23.0 Å². The molecule has 0 bridgehead atoms. The lowest BCUT2D eigenvalue weighted by Gasteiger charge is -2.20. The average Bonchev–Trinajstić information content (AvgIpc) is 3.78. The molecule has 0 radical (unpaired) electrons. The van der Waals surface area contributed by atoms with Gasteiger partial charge in [0.2, 0.25) is 12.7 Å². The number of nitrogens with zero attached hydrogens (tertiary/aromatic N) is 5. The predicted molar refractivity (Wildman–Crippen MR) is 157 cm³/mol.